The minimum Gasteiger partial charge on any atom is -0.395 e. The number of carbonyl (C=O) groups excluding carboxylic acids is 1. The number of amides is 1. The van der Waals surface area contributed by atoms with E-state index in [4.69, 9.17) is 0 Å². The highest BCUT2D eigenvalue weighted by Crippen LogP contribution is 2.17. The third-order valence-corrected chi connectivity index (χ3v) is 3.60. The van der Waals surface area contributed by atoms with Crippen LogP contribution in [0.3, 0.4) is 0 Å². The molecule has 0 aliphatic heterocycles. The summed E-state index contributed by atoms with van der Waals surface area (Å²) >= 11 is 4.30. The van der Waals surface area contributed by atoms with Crippen LogP contribution in [0, 0.1) is 6.92 Å². The largest absolute Gasteiger partial charge is 0.395 e. The van der Waals surface area contributed by atoms with Crippen molar-refractivity contribution in [3.8, 4) is 0 Å². The minimum absolute atomic E-state index is 0.0574. The van der Waals surface area contributed by atoms with Crippen LogP contribution >= 0.6 is 12.6 Å². The maximum atomic E-state index is 12.7. The van der Waals surface area contributed by atoms with Crippen molar-refractivity contribution in [3.63, 3.8) is 0 Å². The topological polar surface area (TPSA) is 40.5 Å². The number of hydrogen-bond acceptors (Lipinski definition) is 3. The molecule has 0 saturated heterocycles. The number of nitrogens with zero attached hydrogens (tertiary/aromatic N) is 1. The van der Waals surface area contributed by atoms with Gasteiger partial charge in [-0.15, -0.1) is 12.6 Å². The van der Waals surface area contributed by atoms with Gasteiger partial charge >= 0.3 is 0 Å². The second-order valence-corrected chi connectivity index (χ2v) is 5.45. The van der Waals surface area contributed by atoms with Crippen LogP contribution < -0.4 is 0 Å². The predicted molar refractivity (Wildman–Crippen MR) is 86.7 cm³/mol. The number of aliphatic hydroxyl groups excluding tert-OH is 1. The van der Waals surface area contributed by atoms with Crippen molar-refractivity contribution in [2.45, 2.75) is 18.4 Å². The van der Waals surface area contributed by atoms with E-state index in [0.29, 0.717) is 18.7 Å². The molecule has 4 heteroatoms. The number of rotatable bonds is 5. The molecule has 2 aromatic carbocycles. The minimum atomic E-state index is -0.0821. The highest BCUT2D eigenvalue weighted by molar-refractivity contribution is 7.80. The Labute approximate surface area is 130 Å². The van der Waals surface area contributed by atoms with Crippen LogP contribution in [0.1, 0.15) is 21.5 Å². The summed E-state index contributed by atoms with van der Waals surface area (Å²) in [4.78, 5) is 15.1. The zero-order chi connectivity index (χ0) is 15.2. The first-order chi connectivity index (χ1) is 10.1. The van der Waals surface area contributed by atoms with Crippen LogP contribution in [-0.4, -0.2) is 29.1 Å². The zero-order valence-electron chi connectivity index (χ0n) is 12.0. The predicted octanol–water partition coefficient (Wildman–Crippen LogP) is 2.92. The van der Waals surface area contributed by atoms with Crippen molar-refractivity contribution >= 4 is 18.5 Å². The number of aryl methyl sites for hydroxylation is 1. The van der Waals surface area contributed by atoms with Gasteiger partial charge in [0.2, 0.25) is 0 Å². The average molecular weight is 301 g/mol. The second kappa shape index (κ2) is 7.29. The number of thiol groups is 1. The summed E-state index contributed by atoms with van der Waals surface area (Å²) in [5.74, 6) is -0.0821. The number of aliphatic hydroxyl groups is 1. The Hall–Kier alpha value is -1.78. The van der Waals surface area contributed by atoms with E-state index in [-0.39, 0.29) is 12.5 Å². The lowest BCUT2D eigenvalue weighted by atomic mass is 10.1. The van der Waals surface area contributed by atoms with E-state index in [1.807, 2.05) is 49.4 Å². The first-order valence-corrected chi connectivity index (χ1v) is 7.30. The Morgan fingerprint density at radius 2 is 1.90 bits per heavy atom. The van der Waals surface area contributed by atoms with E-state index in [1.165, 1.54) is 0 Å². The Balaban J connectivity index is 2.25. The third kappa shape index (κ3) is 4.09. The first kappa shape index (κ1) is 15.6. The molecule has 21 heavy (non-hydrogen) atoms. The van der Waals surface area contributed by atoms with E-state index in [2.05, 4.69) is 12.6 Å². The Morgan fingerprint density at radius 3 is 2.57 bits per heavy atom. The molecule has 1 amide bonds. The smallest absolute Gasteiger partial charge is 0.254 e. The lowest BCUT2D eigenvalue weighted by Crippen LogP contribution is -2.33. The molecule has 0 heterocycles. The van der Waals surface area contributed by atoms with Gasteiger partial charge in [-0.25, -0.2) is 0 Å². The standard InChI is InChI=1S/C17H19NO2S/c1-13-7-8-15(21)11-16(13)17(20)18(9-10-19)12-14-5-3-2-4-6-14/h2-8,11,19,21H,9-10,12H2,1H3. The van der Waals surface area contributed by atoms with E-state index >= 15 is 0 Å². The maximum Gasteiger partial charge on any atom is 0.254 e. The van der Waals surface area contributed by atoms with Gasteiger partial charge in [0.05, 0.1) is 6.61 Å². The van der Waals surface area contributed by atoms with Gasteiger partial charge in [0.25, 0.3) is 5.91 Å². The van der Waals surface area contributed by atoms with Crippen LogP contribution in [-0.2, 0) is 6.54 Å². The number of benzene rings is 2. The molecule has 0 bridgehead atoms. The SMILES string of the molecule is Cc1ccc(S)cc1C(=O)N(CCO)Cc1ccccc1. The van der Waals surface area contributed by atoms with Crippen LogP contribution in [0.5, 0.6) is 0 Å². The van der Waals surface area contributed by atoms with Gasteiger partial charge in [-0.2, -0.15) is 0 Å². The molecule has 0 aromatic heterocycles. The monoisotopic (exact) mass is 301 g/mol. The molecular weight excluding hydrogens is 282 g/mol. The van der Waals surface area contributed by atoms with Crippen LogP contribution in [0.25, 0.3) is 0 Å². The van der Waals surface area contributed by atoms with Crippen molar-refractivity contribution < 1.29 is 9.90 Å². The molecule has 1 N–H and O–H groups in total. The molecule has 0 unspecified atom stereocenters. The summed E-state index contributed by atoms with van der Waals surface area (Å²) in [7, 11) is 0. The quantitative estimate of drug-likeness (QED) is 0.834. The van der Waals surface area contributed by atoms with E-state index < -0.39 is 0 Å². The molecule has 0 aliphatic carbocycles. The van der Waals surface area contributed by atoms with Gasteiger partial charge in [0, 0.05) is 23.5 Å². The summed E-state index contributed by atoms with van der Waals surface area (Å²) in [6.45, 7) is 2.64. The Kier molecular flexibility index (Phi) is 5.42. The molecule has 0 fully saturated rings. The maximum absolute atomic E-state index is 12.7. The van der Waals surface area contributed by atoms with Crippen LogP contribution in [0.15, 0.2) is 53.4 Å². The number of hydrogen-bond donors (Lipinski definition) is 2. The molecular formula is C17H19NO2S. The van der Waals surface area contributed by atoms with Gasteiger partial charge in [-0.05, 0) is 30.2 Å². The van der Waals surface area contributed by atoms with Crippen molar-refractivity contribution in [2.24, 2.45) is 0 Å². The fraction of sp³-hybridized carbons (Fsp3) is 0.235. The molecule has 0 atom stereocenters. The lowest BCUT2D eigenvalue weighted by Gasteiger charge is -2.23. The van der Waals surface area contributed by atoms with Gasteiger partial charge < -0.3 is 10.0 Å². The van der Waals surface area contributed by atoms with Crippen molar-refractivity contribution in [1.82, 2.24) is 4.90 Å². The Morgan fingerprint density at radius 1 is 1.19 bits per heavy atom. The van der Waals surface area contributed by atoms with Gasteiger partial charge in [-0.3, -0.25) is 4.79 Å². The van der Waals surface area contributed by atoms with E-state index in [9.17, 15) is 9.90 Å². The van der Waals surface area contributed by atoms with Crippen LogP contribution in [0.4, 0.5) is 0 Å². The van der Waals surface area contributed by atoms with E-state index in [0.717, 1.165) is 16.0 Å². The molecule has 0 aliphatic rings. The van der Waals surface area contributed by atoms with Gasteiger partial charge in [-0.1, -0.05) is 36.4 Å². The lowest BCUT2D eigenvalue weighted by molar-refractivity contribution is 0.0707. The average Bonchev–Trinajstić information content (AvgIpc) is 2.49. The fourth-order valence-electron chi connectivity index (χ4n) is 2.19. The van der Waals surface area contributed by atoms with Gasteiger partial charge in [0.15, 0.2) is 0 Å². The molecule has 2 aromatic rings. The van der Waals surface area contributed by atoms with Crippen molar-refractivity contribution in [2.75, 3.05) is 13.2 Å². The normalized spacial score (nSPS) is 10.4. The van der Waals surface area contributed by atoms with E-state index in [1.54, 1.807) is 11.0 Å². The Bertz CT molecular complexity index is 613. The molecule has 3 nitrogen and oxygen atoms in total. The summed E-state index contributed by atoms with van der Waals surface area (Å²) < 4.78 is 0. The molecule has 0 spiro atoms. The van der Waals surface area contributed by atoms with Crippen molar-refractivity contribution in [1.29, 1.82) is 0 Å². The molecule has 0 radical (unpaired) electrons. The zero-order valence-corrected chi connectivity index (χ0v) is 12.9. The second-order valence-electron chi connectivity index (χ2n) is 4.94. The molecule has 0 saturated carbocycles. The van der Waals surface area contributed by atoms with Crippen LogP contribution in [0.2, 0.25) is 0 Å². The third-order valence-electron chi connectivity index (χ3n) is 3.32. The molecule has 2 rings (SSSR count). The summed E-state index contributed by atoms with van der Waals surface area (Å²) in [5, 5.41) is 9.23. The van der Waals surface area contributed by atoms with Gasteiger partial charge in [0.1, 0.15) is 0 Å². The summed E-state index contributed by atoms with van der Waals surface area (Å²) in [5.41, 5.74) is 2.58. The summed E-state index contributed by atoms with van der Waals surface area (Å²) in [6, 6.07) is 15.3. The highest BCUT2D eigenvalue weighted by atomic mass is 32.1. The number of carbonyl (C=O) groups is 1. The first-order valence-electron chi connectivity index (χ1n) is 6.85. The summed E-state index contributed by atoms with van der Waals surface area (Å²) in [6.07, 6.45) is 0. The van der Waals surface area contributed by atoms with Crippen molar-refractivity contribution in [3.05, 3.63) is 65.2 Å². The fourth-order valence-corrected chi connectivity index (χ4v) is 2.39. The molecule has 110 valence electrons. The highest BCUT2D eigenvalue weighted by Gasteiger charge is 2.17.